The van der Waals surface area contributed by atoms with Crippen molar-refractivity contribution in [1.82, 2.24) is 9.80 Å². The van der Waals surface area contributed by atoms with Gasteiger partial charge in [-0.2, -0.15) is 0 Å². The molecule has 4 nitrogen and oxygen atoms in total. The fourth-order valence-electron chi connectivity index (χ4n) is 2.30. The van der Waals surface area contributed by atoms with Crippen LogP contribution in [0.2, 0.25) is 0 Å². The van der Waals surface area contributed by atoms with Crippen molar-refractivity contribution >= 4 is 6.09 Å². The number of amides is 1. The second-order valence-electron chi connectivity index (χ2n) is 6.23. The minimum absolute atomic E-state index is 0.175. The van der Waals surface area contributed by atoms with E-state index in [2.05, 4.69) is 25.9 Å². The third kappa shape index (κ3) is 4.19. The molecule has 1 saturated heterocycles. The van der Waals surface area contributed by atoms with Gasteiger partial charge in [-0.3, -0.25) is 0 Å². The summed E-state index contributed by atoms with van der Waals surface area (Å²) >= 11 is 0. The number of likely N-dealkylation sites (tertiary alicyclic amines) is 1. The van der Waals surface area contributed by atoms with Crippen molar-refractivity contribution in [3.05, 3.63) is 0 Å². The molecule has 0 aromatic rings. The minimum Gasteiger partial charge on any atom is -0.444 e. The van der Waals surface area contributed by atoms with Crippen LogP contribution in [-0.2, 0) is 4.74 Å². The first-order valence-electron chi connectivity index (χ1n) is 6.35. The molecule has 4 heteroatoms. The van der Waals surface area contributed by atoms with Gasteiger partial charge in [0.05, 0.1) is 0 Å². The Hall–Kier alpha value is -0.770. The van der Waals surface area contributed by atoms with Crippen LogP contribution in [0.15, 0.2) is 0 Å². The average Bonchev–Trinajstić information content (AvgIpc) is 2.44. The van der Waals surface area contributed by atoms with Crippen LogP contribution in [0.4, 0.5) is 4.79 Å². The van der Waals surface area contributed by atoms with Crippen molar-refractivity contribution in [3.63, 3.8) is 0 Å². The highest BCUT2D eigenvalue weighted by atomic mass is 16.6. The topological polar surface area (TPSA) is 32.8 Å². The number of hydrogen-bond donors (Lipinski definition) is 0. The fourth-order valence-corrected chi connectivity index (χ4v) is 2.30. The quantitative estimate of drug-likeness (QED) is 0.744. The predicted molar refractivity (Wildman–Crippen MR) is 69.1 cm³/mol. The molecule has 2 atom stereocenters. The van der Waals surface area contributed by atoms with Crippen molar-refractivity contribution in [2.45, 2.75) is 45.8 Å². The van der Waals surface area contributed by atoms with Crippen LogP contribution in [-0.4, -0.2) is 54.7 Å². The summed E-state index contributed by atoms with van der Waals surface area (Å²) in [4.78, 5) is 16.0. The lowest BCUT2D eigenvalue weighted by Gasteiger charge is -2.29. The van der Waals surface area contributed by atoms with Gasteiger partial charge in [-0.1, -0.05) is 0 Å². The van der Waals surface area contributed by atoms with Gasteiger partial charge < -0.3 is 14.5 Å². The Morgan fingerprint density at radius 1 is 1.41 bits per heavy atom. The molecule has 0 aromatic carbocycles. The van der Waals surface area contributed by atoms with E-state index in [1.54, 1.807) is 0 Å². The average molecular weight is 242 g/mol. The molecule has 0 radical (unpaired) electrons. The molecule has 0 aliphatic carbocycles. The number of nitrogens with zero attached hydrogens (tertiary/aromatic N) is 2. The molecule has 0 spiro atoms. The van der Waals surface area contributed by atoms with E-state index in [0.717, 1.165) is 19.5 Å². The SMILES string of the molecule is CC1C(CN(C)C)CCN1C(=O)OC(C)(C)C. The van der Waals surface area contributed by atoms with Crippen LogP contribution in [0.5, 0.6) is 0 Å². The summed E-state index contributed by atoms with van der Waals surface area (Å²) in [5.41, 5.74) is -0.406. The number of carbonyl (C=O) groups excluding carboxylic acids is 1. The van der Waals surface area contributed by atoms with Gasteiger partial charge in [0.2, 0.25) is 0 Å². The molecule has 1 rings (SSSR count). The summed E-state index contributed by atoms with van der Waals surface area (Å²) in [6, 6.07) is 0.271. The Bertz CT molecular complexity index is 271. The molecule has 1 amide bonds. The molecule has 1 aliphatic rings. The van der Waals surface area contributed by atoms with Gasteiger partial charge in [-0.15, -0.1) is 0 Å². The smallest absolute Gasteiger partial charge is 0.410 e. The van der Waals surface area contributed by atoms with Crippen LogP contribution in [0.25, 0.3) is 0 Å². The highest BCUT2D eigenvalue weighted by Gasteiger charge is 2.36. The zero-order valence-corrected chi connectivity index (χ0v) is 12.0. The minimum atomic E-state index is -0.406. The van der Waals surface area contributed by atoms with Gasteiger partial charge in [-0.25, -0.2) is 4.79 Å². The molecule has 0 aromatic heterocycles. The number of rotatable bonds is 2. The molecule has 1 fully saturated rings. The Morgan fingerprint density at radius 2 is 2.00 bits per heavy atom. The van der Waals surface area contributed by atoms with E-state index in [0.29, 0.717) is 5.92 Å². The van der Waals surface area contributed by atoms with Crippen LogP contribution in [0.3, 0.4) is 0 Å². The highest BCUT2D eigenvalue weighted by Crippen LogP contribution is 2.26. The Balaban J connectivity index is 2.54. The van der Waals surface area contributed by atoms with Gasteiger partial charge >= 0.3 is 6.09 Å². The zero-order chi connectivity index (χ0) is 13.2. The molecule has 1 aliphatic heterocycles. The molecule has 2 unspecified atom stereocenters. The first kappa shape index (κ1) is 14.3. The second kappa shape index (κ2) is 5.25. The summed E-state index contributed by atoms with van der Waals surface area (Å²) in [5, 5.41) is 0. The van der Waals surface area contributed by atoms with Crippen molar-refractivity contribution < 1.29 is 9.53 Å². The normalized spacial score (nSPS) is 25.5. The third-order valence-corrected chi connectivity index (χ3v) is 3.14. The van der Waals surface area contributed by atoms with Crippen molar-refractivity contribution in [3.8, 4) is 0 Å². The van der Waals surface area contributed by atoms with Crippen LogP contribution in [0.1, 0.15) is 34.1 Å². The van der Waals surface area contributed by atoms with Gasteiger partial charge in [0.25, 0.3) is 0 Å². The Morgan fingerprint density at radius 3 is 2.47 bits per heavy atom. The first-order valence-corrected chi connectivity index (χ1v) is 6.35. The summed E-state index contributed by atoms with van der Waals surface area (Å²) < 4.78 is 5.42. The van der Waals surface area contributed by atoms with E-state index >= 15 is 0 Å². The van der Waals surface area contributed by atoms with E-state index in [1.807, 2.05) is 25.7 Å². The van der Waals surface area contributed by atoms with Gasteiger partial charge in [-0.05, 0) is 54.1 Å². The first-order chi connectivity index (χ1) is 7.70. The maximum atomic E-state index is 12.0. The van der Waals surface area contributed by atoms with Gasteiger partial charge in [0.15, 0.2) is 0 Å². The molecule has 100 valence electrons. The van der Waals surface area contributed by atoms with Crippen LogP contribution < -0.4 is 0 Å². The second-order valence-corrected chi connectivity index (χ2v) is 6.23. The molecule has 0 bridgehead atoms. The van der Waals surface area contributed by atoms with E-state index in [4.69, 9.17) is 4.74 Å². The van der Waals surface area contributed by atoms with Crippen LogP contribution >= 0.6 is 0 Å². The summed E-state index contributed by atoms with van der Waals surface area (Å²) in [6.45, 7) is 9.68. The van der Waals surface area contributed by atoms with Crippen molar-refractivity contribution in [1.29, 1.82) is 0 Å². The third-order valence-electron chi connectivity index (χ3n) is 3.14. The van der Waals surface area contributed by atoms with Gasteiger partial charge in [0, 0.05) is 19.1 Å². The van der Waals surface area contributed by atoms with Crippen molar-refractivity contribution in [2.24, 2.45) is 5.92 Å². The highest BCUT2D eigenvalue weighted by molar-refractivity contribution is 5.69. The molecule has 0 N–H and O–H groups in total. The lowest BCUT2D eigenvalue weighted by Crippen LogP contribution is -2.41. The largest absolute Gasteiger partial charge is 0.444 e. The predicted octanol–water partition coefficient (Wildman–Crippen LogP) is 2.19. The maximum absolute atomic E-state index is 12.0. The van der Waals surface area contributed by atoms with E-state index < -0.39 is 5.60 Å². The monoisotopic (exact) mass is 242 g/mol. The Labute approximate surface area is 105 Å². The standard InChI is InChI=1S/C13H26N2O2/c1-10-11(9-14(5)6)7-8-15(10)12(16)17-13(2,3)4/h10-11H,7-9H2,1-6H3. The summed E-state index contributed by atoms with van der Waals surface area (Å²) in [5.74, 6) is 0.553. The lowest BCUT2D eigenvalue weighted by atomic mass is 10.0. The van der Waals surface area contributed by atoms with E-state index in [1.165, 1.54) is 0 Å². The molecule has 17 heavy (non-hydrogen) atoms. The van der Waals surface area contributed by atoms with Crippen LogP contribution in [0, 0.1) is 5.92 Å². The lowest BCUT2D eigenvalue weighted by molar-refractivity contribution is 0.0218. The number of carbonyl (C=O) groups is 1. The molecular formula is C13H26N2O2. The molecular weight excluding hydrogens is 216 g/mol. The summed E-state index contributed by atoms with van der Waals surface area (Å²) in [6.07, 6.45) is 0.893. The Kier molecular flexibility index (Phi) is 4.42. The number of hydrogen-bond acceptors (Lipinski definition) is 3. The van der Waals surface area contributed by atoms with E-state index in [-0.39, 0.29) is 12.1 Å². The van der Waals surface area contributed by atoms with E-state index in [9.17, 15) is 4.79 Å². The fraction of sp³-hybridized carbons (Fsp3) is 0.923. The molecule has 0 saturated carbocycles. The zero-order valence-electron chi connectivity index (χ0n) is 12.0. The maximum Gasteiger partial charge on any atom is 0.410 e. The van der Waals surface area contributed by atoms with Gasteiger partial charge in [0.1, 0.15) is 5.60 Å². The molecule has 1 heterocycles. The summed E-state index contributed by atoms with van der Waals surface area (Å²) in [7, 11) is 4.14. The number of ether oxygens (including phenoxy) is 1. The van der Waals surface area contributed by atoms with Crippen molar-refractivity contribution in [2.75, 3.05) is 27.2 Å².